The van der Waals surface area contributed by atoms with Crippen LogP contribution in [0.3, 0.4) is 0 Å². The zero-order chi connectivity index (χ0) is 30.3. The van der Waals surface area contributed by atoms with Gasteiger partial charge >= 0.3 is 0 Å². The van der Waals surface area contributed by atoms with Gasteiger partial charge in [0.15, 0.2) is 0 Å². The molecule has 1 aromatic carbocycles. The summed E-state index contributed by atoms with van der Waals surface area (Å²) >= 11 is 0. The van der Waals surface area contributed by atoms with Gasteiger partial charge in [-0.05, 0) is 100 Å². The highest BCUT2D eigenvalue weighted by atomic mass is 31.1. The van der Waals surface area contributed by atoms with Crippen molar-refractivity contribution in [1.29, 1.82) is 0 Å². The van der Waals surface area contributed by atoms with Crippen LogP contribution in [-0.2, 0) is 12.3 Å². The molecule has 228 valence electrons. The van der Waals surface area contributed by atoms with Crippen LogP contribution in [0, 0.1) is 17.8 Å². The fourth-order valence-corrected chi connectivity index (χ4v) is 22.7. The lowest BCUT2D eigenvalue weighted by molar-refractivity contribution is 0.0347. The highest BCUT2D eigenvalue weighted by Crippen LogP contribution is 2.74. The van der Waals surface area contributed by atoms with Crippen molar-refractivity contribution in [2.75, 3.05) is 0 Å². The van der Waals surface area contributed by atoms with Crippen LogP contribution in [0.25, 0.3) is 0 Å². The van der Waals surface area contributed by atoms with Crippen LogP contribution in [0.2, 0.25) is 39.3 Å². The van der Waals surface area contributed by atoms with Crippen molar-refractivity contribution in [2.24, 2.45) is 17.8 Å². The zero-order valence-corrected chi connectivity index (χ0v) is 33.2. The van der Waals surface area contributed by atoms with E-state index in [4.69, 9.17) is 0 Å². The Hall–Kier alpha value is 0.514. The third-order valence-corrected chi connectivity index (χ3v) is 22.8. The van der Waals surface area contributed by atoms with Gasteiger partial charge < -0.3 is 0 Å². The summed E-state index contributed by atoms with van der Waals surface area (Å²) in [5.74, 6) is 3.12. The second-order valence-electron chi connectivity index (χ2n) is 19.5. The molecule has 0 nitrogen and oxygen atoms in total. The van der Waals surface area contributed by atoms with Crippen LogP contribution >= 0.6 is 15.8 Å². The van der Waals surface area contributed by atoms with Gasteiger partial charge in [-0.25, -0.2) is 0 Å². The predicted molar refractivity (Wildman–Crippen MR) is 194 cm³/mol. The molecule has 1 aromatic rings. The monoisotopic (exact) mass is 616 g/mol. The summed E-state index contributed by atoms with van der Waals surface area (Å²) in [6.07, 6.45) is 12.0. The van der Waals surface area contributed by atoms with Crippen LogP contribution in [0.1, 0.15) is 112 Å². The minimum atomic E-state index is -1.48. The van der Waals surface area contributed by atoms with Crippen LogP contribution in [0.15, 0.2) is 12.1 Å². The number of rotatable bonds is 7. The Morgan fingerprint density at radius 3 is 1.25 bits per heavy atom. The maximum Gasteiger partial charge on any atom is 0.0774 e. The van der Waals surface area contributed by atoms with E-state index in [1.54, 1.807) is 60.0 Å². The highest BCUT2D eigenvalue weighted by molar-refractivity contribution is 7.60. The predicted octanol–water partition coefficient (Wildman–Crippen LogP) is 11.1. The molecule has 0 amide bonds. The summed E-state index contributed by atoms with van der Waals surface area (Å²) in [5.41, 5.74) is 3.55. The third kappa shape index (κ3) is 7.08. The molecule has 5 rings (SSSR count). The van der Waals surface area contributed by atoms with Crippen molar-refractivity contribution < 1.29 is 0 Å². The van der Waals surface area contributed by atoms with E-state index in [1.165, 1.54) is 12.3 Å². The smallest absolute Gasteiger partial charge is 0.0774 e. The topological polar surface area (TPSA) is 0 Å². The molecular formula is C36H66P2Si2. The zero-order valence-electron chi connectivity index (χ0n) is 29.4. The van der Waals surface area contributed by atoms with Gasteiger partial charge in [0.2, 0.25) is 0 Å². The molecule has 4 fully saturated rings. The summed E-state index contributed by atoms with van der Waals surface area (Å²) in [7, 11) is -3.22. The van der Waals surface area contributed by atoms with Crippen molar-refractivity contribution in [3.63, 3.8) is 0 Å². The largest absolute Gasteiger partial charge is 0.0911 e. The van der Waals surface area contributed by atoms with Gasteiger partial charge in [-0.15, -0.1) is 0 Å². The minimum Gasteiger partial charge on any atom is -0.0911 e. The first kappa shape index (κ1) is 33.4. The van der Waals surface area contributed by atoms with Crippen LogP contribution in [0.4, 0.5) is 0 Å². The molecule has 4 aliphatic rings. The molecule has 4 heteroatoms. The van der Waals surface area contributed by atoms with Gasteiger partial charge in [-0.1, -0.05) is 140 Å². The van der Waals surface area contributed by atoms with E-state index < -0.39 is 16.1 Å². The Morgan fingerprint density at radius 2 is 0.950 bits per heavy atom. The van der Waals surface area contributed by atoms with E-state index in [0.717, 1.165) is 17.8 Å². The Labute approximate surface area is 255 Å². The standard InChI is InChI=1S/C36H66P2Si2/c1-33(2,3)37(34(4,5)6)24-29-19-31(39(10,11)12)32(40(13,14)15)20-30(29)25-38(35(7,8)9)36-21-26-16-27(22-36)18-28(17-26)23-36/h19-20,26-28H,16-18,21-25H2,1-15H3. The molecule has 4 saturated carbocycles. The Bertz CT molecular complexity index is 1020. The summed E-state index contributed by atoms with van der Waals surface area (Å²) < 4.78 is 0. The van der Waals surface area contributed by atoms with Gasteiger partial charge in [0.1, 0.15) is 0 Å². The van der Waals surface area contributed by atoms with Gasteiger partial charge in [-0.3, -0.25) is 0 Å². The van der Waals surface area contributed by atoms with Crippen molar-refractivity contribution in [3.8, 4) is 0 Å². The first-order chi connectivity index (χ1) is 17.9. The molecule has 4 aliphatic carbocycles. The highest BCUT2D eigenvalue weighted by Gasteiger charge is 2.56. The average molecular weight is 617 g/mol. The van der Waals surface area contributed by atoms with E-state index in [2.05, 4.69) is 114 Å². The summed E-state index contributed by atoms with van der Waals surface area (Å²) in [6, 6.07) is 5.69. The molecule has 40 heavy (non-hydrogen) atoms. The second kappa shape index (κ2) is 10.8. The molecule has 0 saturated heterocycles. The van der Waals surface area contributed by atoms with Gasteiger partial charge in [0.05, 0.1) is 16.1 Å². The van der Waals surface area contributed by atoms with Crippen molar-refractivity contribution in [2.45, 2.75) is 173 Å². The minimum absolute atomic E-state index is 0.101. The molecule has 0 radical (unpaired) electrons. The number of hydrogen-bond donors (Lipinski definition) is 0. The van der Waals surface area contributed by atoms with E-state index in [1.807, 2.05) is 0 Å². The molecule has 1 atom stereocenters. The van der Waals surface area contributed by atoms with Gasteiger partial charge in [-0.2, -0.15) is 0 Å². The second-order valence-corrected chi connectivity index (χ2v) is 36.9. The van der Waals surface area contributed by atoms with Crippen LogP contribution < -0.4 is 10.4 Å². The fourth-order valence-electron chi connectivity index (χ4n) is 9.56. The van der Waals surface area contributed by atoms with E-state index in [0.29, 0.717) is 20.6 Å². The van der Waals surface area contributed by atoms with Crippen molar-refractivity contribution in [1.82, 2.24) is 0 Å². The molecule has 1 unspecified atom stereocenters. The Balaban J connectivity index is 1.88. The molecule has 0 aliphatic heterocycles. The maximum absolute atomic E-state index is 2.86. The molecule has 4 bridgehead atoms. The summed E-state index contributed by atoms with van der Waals surface area (Å²) in [5, 5.41) is 5.36. The first-order valence-electron chi connectivity index (χ1n) is 16.6. The quantitative estimate of drug-likeness (QED) is 0.211. The maximum atomic E-state index is 2.86. The number of benzene rings is 1. The lowest BCUT2D eigenvalue weighted by atomic mass is 9.56. The summed E-state index contributed by atoms with van der Waals surface area (Å²) in [6.45, 7) is 38.7. The Morgan fingerprint density at radius 1 is 0.600 bits per heavy atom. The third-order valence-electron chi connectivity index (χ3n) is 10.6. The van der Waals surface area contributed by atoms with Crippen molar-refractivity contribution in [3.05, 3.63) is 23.3 Å². The van der Waals surface area contributed by atoms with Crippen molar-refractivity contribution >= 4 is 42.4 Å². The van der Waals surface area contributed by atoms with E-state index >= 15 is 0 Å². The van der Waals surface area contributed by atoms with Crippen LogP contribution in [-0.4, -0.2) is 36.8 Å². The van der Waals surface area contributed by atoms with E-state index in [-0.39, 0.29) is 15.8 Å². The lowest BCUT2D eigenvalue weighted by Gasteiger charge is -2.62. The molecule has 0 N–H and O–H groups in total. The normalized spacial score (nSPS) is 28.4. The SMILES string of the molecule is CC(C)(C)P(Cc1cc([Si](C)(C)C)c([Si](C)(C)C)cc1CP(C(C)(C)C)C12CC3CC(CC(C3)C1)C2)C(C)(C)C. The molecule has 0 heterocycles. The van der Waals surface area contributed by atoms with E-state index in [9.17, 15) is 0 Å². The molecule has 0 spiro atoms. The van der Waals surface area contributed by atoms with Crippen LogP contribution in [0.5, 0.6) is 0 Å². The molecule has 0 aromatic heterocycles. The Kier molecular flexibility index (Phi) is 9.06. The fraction of sp³-hybridized carbons (Fsp3) is 0.833. The molecular weight excluding hydrogens is 551 g/mol. The van der Waals surface area contributed by atoms with Gasteiger partial charge in [0.25, 0.3) is 0 Å². The summed E-state index contributed by atoms with van der Waals surface area (Å²) in [4.78, 5) is 0. The number of hydrogen-bond acceptors (Lipinski definition) is 0. The first-order valence-corrected chi connectivity index (χ1v) is 26.7. The average Bonchev–Trinajstić information content (AvgIpc) is 2.70. The lowest BCUT2D eigenvalue weighted by Crippen LogP contribution is -2.56. The van der Waals surface area contributed by atoms with Gasteiger partial charge in [0, 0.05) is 0 Å².